The van der Waals surface area contributed by atoms with Crippen LogP contribution in [0.2, 0.25) is 0 Å². The molecule has 0 atom stereocenters. The monoisotopic (exact) mass is 441 g/mol. The van der Waals surface area contributed by atoms with E-state index in [2.05, 4.69) is 0 Å². The van der Waals surface area contributed by atoms with Crippen LogP contribution < -0.4 is 23.6 Å². The topological polar surface area (TPSA) is 103 Å². The van der Waals surface area contributed by atoms with E-state index in [-0.39, 0.29) is 18.9 Å². The van der Waals surface area contributed by atoms with Crippen LogP contribution in [0.1, 0.15) is 12.8 Å². The van der Waals surface area contributed by atoms with E-state index in [9.17, 15) is 60.9 Å². The van der Waals surface area contributed by atoms with Gasteiger partial charge in [-0.05, 0) is 12.8 Å². The fourth-order valence-corrected chi connectivity index (χ4v) is 2.85. The van der Waals surface area contributed by atoms with Gasteiger partial charge in [0.1, 0.15) is 0 Å². The molecule has 0 radical (unpaired) electrons. The zero-order valence-corrected chi connectivity index (χ0v) is 14.2. The van der Waals surface area contributed by atoms with Crippen molar-refractivity contribution in [3.63, 3.8) is 0 Å². The Morgan fingerprint density at radius 3 is 1.54 bits per heavy atom. The van der Waals surface area contributed by atoms with Crippen molar-refractivity contribution in [1.82, 2.24) is 4.72 Å². The van der Waals surface area contributed by atoms with Gasteiger partial charge in [0, 0.05) is 12.3 Å². The van der Waals surface area contributed by atoms with Gasteiger partial charge in [0.25, 0.3) is 10.0 Å². The number of alkyl halides is 9. The Balaban J connectivity index is 0. The quantitative estimate of drug-likeness (QED) is 0.207. The maximum absolute atomic E-state index is 13.2. The molecule has 0 bridgehead atoms. The Kier molecular flexibility index (Phi) is 9.08. The third-order valence-corrected chi connectivity index (χ3v) is 4.87. The molecule has 0 aliphatic heterocycles. The third kappa shape index (κ3) is 5.89. The number of sulfonamides is 1. The molecule has 0 aromatic heterocycles. The smallest absolute Gasteiger partial charge is 0.748 e. The Morgan fingerprint density at radius 2 is 1.19 bits per heavy atom. The van der Waals surface area contributed by atoms with Crippen LogP contribution in [0, 0.1) is 0 Å². The fourth-order valence-electron chi connectivity index (χ4n) is 1.23. The van der Waals surface area contributed by atoms with Crippen molar-refractivity contribution in [3.8, 4) is 0 Å². The second-order valence-electron chi connectivity index (χ2n) is 4.53. The molecule has 26 heavy (non-hydrogen) atoms. The van der Waals surface area contributed by atoms with Gasteiger partial charge in [0.15, 0.2) is 0 Å². The molecular weight excluding hydrogens is 432 g/mol. The molecule has 0 aromatic rings. The Morgan fingerprint density at radius 1 is 0.769 bits per heavy atom. The second kappa shape index (κ2) is 8.43. The third-order valence-electron chi connectivity index (χ3n) is 2.57. The summed E-state index contributed by atoms with van der Waals surface area (Å²) in [7, 11) is -11.5. The summed E-state index contributed by atoms with van der Waals surface area (Å²) in [5.41, 5.74) is 0. The van der Waals surface area contributed by atoms with E-state index in [1.54, 1.807) is 0 Å². The molecule has 0 saturated carbocycles. The van der Waals surface area contributed by atoms with Crippen LogP contribution in [0.15, 0.2) is 0 Å². The largest absolute Gasteiger partial charge is 1.00 e. The number of halogens is 9. The normalized spacial score (nSPS) is 14.8. The Labute approximate surface area is 153 Å². The van der Waals surface area contributed by atoms with Crippen LogP contribution in [0.5, 0.6) is 0 Å². The first-order valence-corrected chi connectivity index (χ1v) is 8.90. The maximum Gasteiger partial charge on any atom is 1.00 e. The Hall–Kier alpha value is -0.213. The zero-order chi connectivity index (χ0) is 20.5. The molecule has 6 nitrogen and oxygen atoms in total. The van der Waals surface area contributed by atoms with Crippen molar-refractivity contribution in [2.24, 2.45) is 0 Å². The van der Waals surface area contributed by atoms with E-state index >= 15 is 0 Å². The first-order chi connectivity index (χ1) is 10.7. The van der Waals surface area contributed by atoms with Crippen LogP contribution >= 0.6 is 0 Å². The SMILES string of the molecule is O=S(=O)([O-])CCCCNS(=O)(=O)C(F)(F)C(F)(F)C(F)(F)C(F)(F)F.[Li+]. The minimum Gasteiger partial charge on any atom is -0.748 e. The summed E-state index contributed by atoms with van der Waals surface area (Å²) < 4.78 is 166. The molecule has 0 aliphatic carbocycles. The molecule has 18 heteroatoms. The molecule has 1 N–H and O–H groups in total. The summed E-state index contributed by atoms with van der Waals surface area (Å²) in [5, 5.41) is -6.86. The number of unbranched alkanes of at least 4 members (excludes halogenated alkanes) is 1. The minimum absolute atomic E-state index is 0. The number of hydrogen-bond acceptors (Lipinski definition) is 5. The average molecular weight is 441 g/mol. The molecule has 0 aromatic carbocycles. The molecule has 0 aliphatic rings. The van der Waals surface area contributed by atoms with E-state index in [1.807, 2.05) is 0 Å². The molecule has 0 saturated heterocycles. The molecule has 0 spiro atoms. The molecule has 0 amide bonds. The summed E-state index contributed by atoms with van der Waals surface area (Å²) in [6.45, 7) is -1.22. The van der Waals surface area contributed by atoms with E-state index < -0.39 is 68.6 Å². The second-order valence-corrected chi connectivity index (χ2v) is 7.86. The van der Waals surface area contributed by atoms with E-state index in [1.165, 1.54) is 0 Å². The maximum atomic E-state index is 13.2. The van der Waals surface area contributed by atoms with Gasteiger partial charge in [0.2, 0.25) is 0 Å². The van der Waals surface area contributed by atoms with Gasteiger partial charge in [-0.1, -0.05) is 0 Å². The van der Waals surface area contributed by atoms with Gasteiger partial charge in [-0.2, -0.15) is 39.5 Å². The van der Waals surface area contributed by atoms with Crippen molar-refractivity contribution in [2.75, 3.05) is 12.3 Å². The number of rotatable bonds is 9. The molecule has 0 fully saturated rings. The van der Waals surface area contributed by atoms with Crippen LogP contribution in [-0.4, -0.2) is 57.0 Å². The Bertz CT molecular complexity index is 677. The van der Waals surface area contributed by atoms with Crippen LogP contribution in [-0.2, 0) is 20.1 Å². The van der Waals surface area contributed by atoms with Crippen molar-refractivity contribution in [3.05, 3.63) is 0 Å². The number of nitrogens with one attached hydrogen (secondary N) is 1. The van der Waals surface area contributed by atoms with Gasteiger partial charge in [-0.15, -0.1) is 0 Å². The summed E-state index contributed by atoms with van der Waals surface area (Å²) >= 11 is 0. The predicted octanol–water partition coefficient (Wildman–Crippen LogP) is -1.34. The van der Waals surface area contributed by atoms with Crippen molar-refractivity contribution in [1.29, 1.82) is 0 Å². The van der Waals surface area contributed by atoms with E-state index in [0.717, 1.165) is 0 Å². The molecular formula is C8H9F9LiNO5S2. The van der Waals surface area contributed by atoms with Crippen LogP contribution in [0.25, 0.3) is 0 Å². The average Bonchev–Trinajstić information content (AvgIpc) is 2.34. The minimum atomic E-state index is -7.37. The fraction of sp³-hybridized carbons (Fsp3) is 1.00. The first-order valence-electron chi connectivity index (χ1n) is 5.83. The van der Waals surface area contributed by atoms with E-state index in [4.69, 9.17) is 0 Å². The van der Waals surface area contributed by atoms with Gasteiger partial charge in [-0.3, -0.25) is 0 Å². The van der Waals surface area contributed by atoms with Crippen molar-refractivity contribution < 1.29 is 79.8 Å². The van der Waals surface area contributed by atoms with E-state index in [0.29, 0.717) is 4.72 Å². The standard InChI is InChI=1S/C8H10F9NO5S2.Li/c9-5(10,7(13,14)15)6(11,12)8(16,17)25(22,23)18-3-1-2-4-24(19,20)21;/h18H,1-4H2,(H,19,20,21);/q;+1/p-1. The predicted molar refractivity (Wildman–Crippen MR) is 61.6 cm³/mol. The van der Waals surface area contributed by atoms with Gasteiger partial charge < -0.3 is 4.55 Å². The van der Waals surface area contributed by atoms with Crippen molar-refractivity contribution in [2.45, 2.75) is 36.1 Å². The van der Waals surface area contributed by atoms with Gasteiger partial charge in [0.05, 0.1) is 10.1 Å². The van der Waals surface area contributed by atoms with Gasteiger partial charge in [-0.25, -0.2) is 21.6 Å². The van der Waals surface area contributed by atoms with Gasteiger partial charge >= 0.3 is 42.1 Å². The molecule has 0 rings (SSSR count). The van der Waals surface area contributed by atoms with Crippen molar-refractivity contribution >= 4 is 20.1 Å². The zero-order valence-electron chi connectivity index (χ0n) is 12.6. The summed E-state index contributed by atoms with van der Waals surface area (Å²) in [6, 6.07) is 0. The summed E-state index contributed by atoms with van der Waals surface area (Å²) in [5.74, 6) is -15.8. The summed E-state index contributed by atoms with van der Waals surface area (Å²) in [4.78, 5) is 0. The van der Waals surface area contributed by atoms with Crippen LogP contribution in [0.3, 0.4) is 0 Å². The molecule has 152 valence electrons. The summed E-state index contributed by atoms with van der Waals surface area (Å²) in [6.07, 6.45) is -8.47. The first kappa shape index (κ1) is 28.0. The molecule has 0 heterocycles. The number of hydrogen-bond donors (Lipinski definition) is 1. The molecule has 0 unspecified atom stereocenters. The van der Waals surface area contributed by atoms with Crippen LogP contribution in [0.4, 0.5) is 39.5 Å².